The lowest BCUT2D eigenvalue weighted by Gasteiger charge is -2.34. The van der Waals surface area contributed by atoms with Gasteiger partial charge in [-0.2, -0.15) is 5.10 Å². The van der Waals surface area contributed by atoms with Crippen molar-refractivity contribution in [1.29, 1.82) is 0 Å². The highest BCUT2D eigenvalue weighted by molar-refractivity contribution is 6.42. The number of piperazine rings is 1. The van der Waals surface area contributed by atoms with Gasteiger partial charge in [-0.25, -0.2) is 0 Å². The molecule has 3 nitrogen and oxygen atoms in total. The van der Waals surface area contributed by atoms with Crippen molar-refractivity contribution >= 4 is 35.1 Å². The quantitative estimate of drug-likeness (QED) is 0.786. The smallest absolute Gasteiger partial charge is 0.0598 e. The number of benzene rings is 2. The number of hydrazone groups is 1. The van der Waals surface area contributed by atoms with Gasteiger partial charge in [0.1, 0.15) is 0 Å². The lowest BCUT2D eigenvalue weighted by molar-refractivity contribution is 0.272. The molecule has 2 aromatic rings. The van der Waals surface area contributed by atoms with Crippen molar-refractivity contribution in [2.45, 2.75) is 0 Å². The van der Waals surface area contributed by atoms with Crippen LogP contribution in [0.4, 0.5) is 5.69 Å². The van der Waals surface area contributed by atoms with E-state index in [0.29, 0.717) is 10.0 Å². The highest BCUT2D eigenvalue weighted by Crippen LogP contribution is 2.22. The van der Waals surface area contributed by atoms with E-state index in [1.54, 1.807) is 6.07 Å². The van der Waals surface area contributed by atoms with Gasteiger partial charge in [-0.1, -0.05) is 47.5 Å². The normalized spacial score (nSPS) is 15.5. The van der Waals surface area contributed by atoms with Gasteiger partial charge < -0.3 is 4.90 Å². The lowest BCUT2D eigenvalue weighted by atomic mass is 10.2. The molecule has 0 unspecified atom stereocenters. The van der Waals surface area contributed by atoms with Crippen molar-refractivity contribution in [3.63, 3.8) is 0 Å². The summed E-state index contributed by atoms with van der Waals surface area (Å²) in [4.78, 5) is 2.38. The third kappa shape index (κ3) is 3.73. The SMILES string of the molecule is Clc1ccc(/C=N\N2CCN(c3ccccc3)CC2)cc1Cl. The Morgan fingerprint density at radius 3 is 2.27 bits per heavy atom. The Kier molecular flexibility index (Phi) is 4.86. The minimum atomic E-state index is 0.555. The Morgan fingerprint density at radius 1 is 0.864 bits per heavy atom. The molecule has 1 aliphatic heterocycles. The van der Waals surface area contributed by atoms with E-state index < -0.39 is 0 Å². The van der Waals surface area contributed by atoms with E-state index in [0.717, 1.165) is 31.7 Å². The maximum Gasteiger partial charge on any atom is 0.0598 e. The molecule has 2 aromatic carbocycles. The Bertz CT molecular complexity index is 650. The second-order valence-electron chi connectivity index (χ2n) is 5.19. The molecule has 0 atom stereocenters. The van der Waals surface area contributed by atoms with E-state index >= 15 is 0 Å². The van der Waals surface area contributed by atoms with Gasteiger partial charge in [0.25, 0.3) is 0 Å². The summed E-state index contributed by atoms with van der Waals surface area (Å²) in [7, 11) is 0. The van der Waals surface area contributed by atoms with Crippen LogP contribution in [-0.2, 0) is 0 Å². The summed E-state index contributed by atoms with van der Waals surface area (Å²) in [5.74, 6) is 0. The Morgan fingerprint density at radius 2 is 1.59 bits per heavy atom. The van der Waals surface area contributed by atoms with Gasteiger partial charge in [-0.3, -0.25) is 5.01 Å². The third-order valence-corrected chi connectivity index (χ3v) is 4.43. The van der Waals surface area contributed by atoms with Crippen molar-refractivity contribution < 1.29 is 0 Å². The highest BCUT2D eigenvalue weighted by Gasteiger charge is 2.15. The molecule has 1 fully saturated rings. The molecule has 0 aromatic heterocycles. The fourth-order valence-electron chi connectivity index (χ4n) is 2.45. The van der Waals surface area contributed by atoms with Crippen LogP contribution >= 0.6 is 23.2 Å². The second kappa shape index (κ2) is 7.03. The molecule has 0 N–H and O–H groups in total. The third-order valence-electron chi connectivity index (χ3n) is 3.69. The monoisotopic (exact) mass is 333 g/mol. The van der Waals surface area contributed by atoms with Crippen LogP contribution in [0.15, 0.2) is 53.6 Å². The minimum absolute atomic E-state index is 0.555. The number of halogens is 2. The van der Waals surface area contributed by atoms with E-state index in [9.17, 15) is 0 Å². The second-order valence-corrected chi connectivity index (χ2v) is 6.01. The molecule has 1 heterocycles. The summed E-state index contributed by atoms with van der Waals surface area (Å²) in [6.45, 7) is 3.77. The first-order valence-electron chi connectivity index (χ1n) is 7.26. The Balaban J connectivity index is 1.57. The maximum absolute atomic E-state index is 6.01. The molecule has 0 aliphatic carbocycles. The molecule has 5 heteroatoms. The topological polar surface area (TPSA) is 18.8 Å². The predicted octanol–water partition coefficient (Wildman–Crippen LogP) is 4.15. The summed E-state index contributed by atoms with van der Waals surface area (Å²) in [6, 6.07) is 16.0. The van der Waals surface area contributed by atoms with Crippen LogP contribution in [0, 0.1) is 0 Å². The molecule has 3 rings (SSSR count). The summed E-state index contributed by atoms with van der Waals surface area (Å²) in [5.41, 5.74) is 2.23. The number of nitrogens with zero attached hydrogens (tertiary/aromatic N) is 3. The van der Waals surface area contributed by atoms with E-state index in [1.165, 1.54) is 5.69 Å². The van der Waals surface area contributed by atoms with E-state index in [2.05, 4.69) is 39.3 Å². The average molecular weight is 334 g/mol. The van der Waals surface area contributed by atoms with Crippen LogP contribution in [0.1, 0.15) is 5.56 Å². The van der Waals surface area contributed by atoms with Crippen LogP contribution in [0.2, 0.25) is 10.0 Å². The van der Waals surface area contributed by atoms with Gasteiger partial charge in [-0.15, -0.1) is 0 Å². The van der Waals surface area contributed by atoms with Crippen molar-refractivity contribution in [2.24, 2.45) is 5.10 Å². The van der Waals surface area contributed by atoms with Gasteiger partial charge >= 0.3 is 0 Å². The standard InChI is InChI=1S/C17H17Cl2N3/c18-16-7-6-14(12-17(16)19)13-20-22-10-8-21(9-11-22)15-4-2-1-3-5-15/h1-7,12-13H,8-11H2/b20-13-. The van der Waals surface area contributed by atoms with Crippen LogP contribution < -0.4 is 4.90 Å². The number of hydrogen-bond acceptors (Lipinski definition) is 3. The van der Waals surface area contributed by atoms with Crippen molar-refractivity contribution in [3.8, 4) is 0 Å². The van der Waals surface area contributed by atoms with E-state index in [4.69, 9.17) is 23.2 Å². The first-order valence-corrected chi connectivity index (χ1v) is 8.02. The summed E-state index contributed by atoms with van der Waals surface area (Å²) >= 11 is 11.9. The maximum atomic E-state index is 6.01. The molecule has 114 valence electrons. The molecular weight excluding hydrogens is 317 g/mol. The van der Waals surface area contributed by atoms with Crippen LogP contribution in [0.25, 0.3) is 0 Å². The lowest BCUT2D eigenvalue weighted by Crippen LogP contribution is -2.44. The van der Waals surface area contributed by atoms with Gasteiger partial charge in [-0.05, 0) is 29.8 Å². The molecule has 0 radical (unpaired) electrons. The predicted molar refractivity (Wildman–Crippen MR) is 94.3 cm³/mol. The zero-order valence-electron chi connectivity index (χ0n) is 12.1. The van der Waals surface area contributed by atoms with Gasteiger partial charge in [0.15, 0.2) is 0 Å². The Hall–Kier alpha value is -1.71. The molecule has 0 spiro atoms. The highest BCUT2D eigenvalue weighted by atomic mass is 35.5. The fraction of sp³-hybridized carbons (Fsp3) is 0.235. The zero-order chi connectivity index (χ0) is 15.4. The number of rotatable bonds is 3. The van der Waals surface area contributed by atoms with Crippen LogP contribution in [-0.4, -0.2) is 37.4 Å². The number of hydrogen-bond donors (Lipinski definition) is 0. The zero-order valence-corrected chi connectivity index (χ0v) is 13.6. The van der Waals surface area contributed by atoms with Gasteiger partial charge in [0.2, 0.25) is 0 Å². The molecule has 1 aliphatic rings. The number of para-hydroxylation sites is 1. The molecular formula is C17H17Cl2N3. The van der Waals surface area contributed by atoms with E-state index in [1.807, 2.05) is 24.4 Å². The van der Waals surface area contributed by atoms with Crippen molar-refractivity contribution in [3.05, 3.63) is 64.1 Å². The van der Waals surface area contributed by atoms with Gasteiger partial charge in [0.05, 0.1) is 29.3 Å². The first kappa shape index (κ1) is 15.2. The average Bonchev–Trinajstić information content (AvgIpc) is 2.57. The molecule has 22 heavy (non-hydrogen) atoms. The van der Waals surface area contributed by atoms with Crippen molar-refractivity contribution in [1.82, 2.24) is 5.01 Å². The molecule has 0 bridgehead atoms. The first-order chi connectivity index (χ1) is 10.7. The fourth-order valence-corrected chi connectivity index (χ4v) is 2.76. The summed E-state index contributed by atoms with van der Waals surface area (Å²) in [6.07, 6.45) is 1.83. The molecule has 0 saturated carbocycles. The minimum Gasteiger partial charge on any atom is -0.368 e. The molecule has 1 saturated heterocycles. The Labute approximate surface area is 140 Å². The largest absolute Gasteiger partial charge is 0.368 e. The van der Waals surface area contributed by atoms with Crippen LogP contribution in [0.3, 0.4) is 0 Å². The number of anilines is 1. The van der Waals surface area contributed by atoms with E-state index in [-0.39, 0.29) is 0 Å². The van der Waals surface area contributed by atoms with Gasteiger partial charge in [0, 0.05) is 18.8 Å². The van der Waals surface area contributed by atoms with Crippen LogP contribution in [0.5, 0.6) is 0 Å². The summed E-state index contributed by atoms with van der Waals surface area (Å²) < 4.78 is 0. The summed E-state index contributed by atoms with van der Waals surface area (Å²) in [5, 5.41) is 7.74. The van der Waals surface area contributed by atoms with Crippen molar-refractivity contribution in [2.75, 3.05) is 31.1 Å². The molecule has 0 amide bonds.